The van der Waals surface area contributed by atoms with Crippen LogP contribution in [0.2, 0.25) is 0 Å². The normalized spacial score (nSPS) is 10.8. The minimum atomic E-state index is -0.228. The number of rotatable bonds is 6. The third-order valence-electron chi connectivity index (χ3n) is 4.03. The molecule has 1 aromatic heterocycles. The number of aromatic nitrogens is 1. The summed E-state index contributed by atoms with van der Waals surface area (Å²) in [7, 11) is 0. The van der Waals surface area contributed by atoms with Crippen LogP contribution >= 0.6 is 23.2 Å². The Morgan fingerprint density at radius 3 is 1.69 bits per heavy atom. The lowest BCUT2D eigenvalue weighted by Gasteiger charge is -2.11. The van der Waals surface area contributed by atoms with Crippen LogP contribution < -0.4 is 10.6 Å². The predicted octanol–water partition coefficient (Wildman–Crippen LogP) is 3.10. The number of nitrogens with zero attached hydrogens (tertiary/aromatic N) is 1. The molecule has 3 rings (SSSR count). The Morgan fingerprint density at radius 2 is 1.27 bits per heavy atom. The van der Waals surface area contributed by atoms with Gasteiger partial charge in [-0.05, 0) is 17.2 Å². The molecule has 7 heteroatoms. The van der Waals surface area contributed by atoms with Gasteiger partial charge in [0, 0.05) is 23.9 Å². The number of para-hydroxylation sites is 2. The maximum absolute atomic E-state index is 11.5. The predicted molar refractivity (Wildman–Crippen MR) is 104 cm³/mol. The molecule has 0 saturated heterocycles. The first kappa shape index (κ1) is 18.4. The van der Waals surface area contributed by atoms with E-state index in [1.54, 1.807) is 0 Å². The number of benzene rings is 2. The zero-order chi connectivity index (χ0) is 18.5. The molecule has 134 valence electrons. The molecule has 0 spiro atoms. The summed E-state index contributed by atoms with van der Waals surface area (Å²) < 4.78 is 0. The molecule has 0 atom stereocenters. The average Bonchev–Trinajstić information content (AvgIpc) is 2.68. The Hall–Kier alpha value is -2.37. The highest BCUT2D eigenvalue weighted by Gasteiger charge is 2.09. The zero-order valence-corrected chi connectivity index (χ0v) is 15.4. The van der Waals surface area contributed by atoms with E-state index in [0.717, 1.165) is 32.9 Å². The van der Waals surface area contributed by atoms with Gasteiger partial charge in [-0.1, -0.05) is 36.4 Å². The fourth-order valence-corrected chi connectivity index (χ4v) is 2.96. The molecule has 1 heterocycles. The van der Waals surface area contributed by atoms with Crippen molar-refractivity contribution in [3.05, 3.63) is 53.6 Å². The topological polar surface area (TPSA) is 71.1 Å². The van der Waals surface area contributed by atoms with Gasteiger partial charge in [0.05, 0.1) is 11.0 Å². The van der Waals surface area contributed by atoms with Crippen molar-refractivity contribution in [1.29, 1.82) is 0 Å². The number of fused-ring (bicyclic) bond motifs is 2. The second-order valence-electron chi connectivity index (χ2n) is 5.79. The van der Waals surface area contributed by atoms with E-state index in [2.05, 4.69) is 16.7 Å². The van der Waals surface area contributed by atoms with Gasteiger partial charge in [0.25, 0.3) is 0 Å². The van der Waals surface area contributed by atoms with Gasteiger partial charge in [0.15, 0.2) is 0 Å². The standard InChI is InChI=1S/C19H17Cl2N3O2/c20-8-16(25)22-10-14-5-1-3-12-7-13-4-2-6-15(11-23-17(26)9-21)19(13)24-18(12)14/h1-7H,8-11H2,(H,22,25)(H,23,26). The molecule has 2 aromatic carbocycles. The number of nitrogens with one attached hydrogen (secondary N) is 2. The fourth-order valence-electron chi connectivity index (χ4n) is 2.77. The van der Waals surface area contributed by atoms with Crippen molar-refractivity contribution in [1.82, 2.24) is 15.6 Å². The van der Waals surface area contributed by atoms with E-state index in [1.807, 2.05) is 36.4 Å². The van der Waals surface area contributed by atoms with Crippen molar-refractivity contribution < 1.29 is 9.59 Å². The summed E-state index contributed by atoms with van der Waals surface area (Å²) in [6.07, 6.45) is 0. The van der Waals surface area contributed by atoms with E-state index in [0.29, 0.717) is 13.1 Å². The van der Waals surface area contributed by atoms with Gasteiger partial charge in [-0.2, -0.15) is 0 Å². The Labute approximate surface area is 160 Å². The van der Waals surface area contributed by atoms with Gasteiger partial charge < -0.3 is 10.6 Å². The molecule has 0 unspecified atom stereocenters. The molecular weight excluding hydrogens is 373 g/mol. The molecule has 0 bridgehead atoms. The largest absolute Gasteiger partial charge is 0.351 e. The van der Waals surface area contributed by atoms with Crippen LogP contribution in [0.4, 0.5) is 0 Å². The summed E-state index contributed by atoms with van der Waals surface area (Å²) in [4.78, 5) is 27.7. The number of carbonyl (C=O) groups excluding carboxylic acids is 2. The minimum Gasteiger partial charge on any atom is -0.351 e. The van der Waals surface area contributed by atoms with Crippen molar-refractivity contribution in [2.45, 2.75) is 13.1 Å². The molecule has 5 nitrogen and oxygen atoms in total. The van der Waals surface area contributed by atoms with Crippen LogP contribution in [0, 0.1) is 0 Å². The van der Waals surface area contributed by atoms with Gasteiger partial charge in [-0.3, -0.25) is 9.59 Å². The van der Waals surface area contributed by atoms with Crippen LogP contribution in [0.3, 0.4) is 0 Å². The lowest BCUT2D eigenvalue weighted by Crippen LogP contribution is -2.24. The average molecular weight is 390 g/mol. The Kier molecular flexibility index (Phi) is 5.91. The summed E-state index contributed by atoms with van der Waals surface area (Å²) in [5.41, 5.74) is 3.43. The van der Waals surface area contributed by atoms with Gasteiger partial charge in [0.2, 0.25) is 11.8 Å². The monoisotopic (exact) mass is 389 g/mol. The first-order valence-electron chi connectivity index (χ1n) is 8.08. The van der Waals surface area contributed by atoms with Gasteiger partial charge in [-0.15, -0.1) is 23.2 Å². The highest BCUT2D eigenvalue weighted by Crippen LogP contribution is 2.24. The first-order valence-corrected chi connectivity index (χ1v) is 9.15. The lowest BCUT2D eigenvalue weighted by atomic mass is 10.0. The van der Waals surface area contributed by atoms with Crippen LogP contribution in [0.5, 0.6) is 0 Å². The lowest BCUT2D eigenvalue weighted by molar-refractivity contribution is -0.119. The van der Waals surface area contributed by atoms with E-state index >= 15 is 0 Å². The number of amides is 2. The number of alkyl halides is 2. The molecule has 0 aliphatic rings. The summed E-state index contributed by atoms with van der Waals surface area (Å²) in [6.45, 7) is 0.707. The Bertz CT molecular complexity index is 901. The van der Waals surface area contributed by atoms with Gasteiger partial charge in [0.1, 0.15) is 11.8 Å². The molecule has 2 amide bonds. The molecular formula is C19H17Cl2N3O2. The highest BCUT2D eigenvalue weighted by atomic mass is 35.5. The third-order valence-corrected chi connectivity index (χ3v) is 4.52. The van der Waals surface area contributed by atoms with Crippen molar-refractivity contribution in [2.75, 3.05) is 11.8 Å². The van der Waals surface area contributed by atoms with Crippen molar-refractivity contribution in [3.8, 4) is 0 Å². The second-order valence-corrected chi connectivity index (χ2v) is 6.32. The SMILES string of the molecule is O=C(CCl)NCc1cccc2cc3cccc(CNC(=O)CCl)c3nc12. The third kappa shape index (κ3) is 4.06. The van der Waals surface area contributed by atoms with Crippen LogP contribution in [-0.4, -0.2) is 28.6 Å². The summed E-state index contributed by atoms with van der Waals surface area (Å²) in [6, 6.07) is 13.7. The van der Waals surface area contributed by atoms with Crippen LogP contribution in [0.15, 0.2) is 42.5 Å². The Balaban J connectivity index is 2.02. The smallest absolute Gasteiger partial charge is 0.235 e. The summed E-state index contributed by atoms with van der Waals surface area (Å²) in [5.74, 6) is -0.611. The molecule has 0 aliphatic heterocycles. The number of hydrogen-bond acceptors (Lipinski definition) is 3. The fraction of sp³-hybridized carbons (Fsp3) is 0.211. The van der Waals surface area contributed by atoms with E-state index < -0.39 is 0 Å². The number of halogens is 2. The molecule has 3 aromatic rings. The van der Waals surface area contributed by atoms with Crippen LogP contribution in [0.25, 0.3) is 21.8 Å². The zero-order valence-electron chi connectivity index (χ0n) is 13.9. The second kappa shape index (κ2) is 8.34. The van der Waals surface area contributed by atoms with Gasteiger partial charge in [-0.25, -0.2) is 4.98 Å². The quantitative estimate of drug-likeness (QED) is 0.502. The molecule has 0 saturated carbocycles. The van der Waals surface area contributed by atoms with Crippen LogP contribution in [-0.2, 0) is 22.7 Å². The number of pyridine rings is 1. The van der Waals surface area contributed by atoms with Crippen LogP contribution in [0.1, 0.15) is 11.1 Å². The highest BCUT2D eigenvalue weighted by molar-refractivity contribution is 6.27. The van der Waals surface area contributed by atoms with Crippen molar-refractivity contribution in [3.63, 3.8) is 0 Å². The summed E-state index contributed by atoms with van der Waals surface area (Å²) in [5, 5.41) is 7.50. The van der Waals surface area contributed by atoms with Crippen molar-refractivity contribution in [2.24, 2.45) is 0 Å². The van der Waals surface area contributed by atoms with E-state index in [1.165, 1.54) is 0 Å². The Morgan fingerprint density at radius 1 is 0.808 bits per heavy atom. The number of carbonyl (C=O) groups is 2. The molecule has 26 heavy (non-hydrogen) atoms. The van der Waals surface area contributed by atoms with Gasteiger partial charge >= 0.3 is 0 Å². The summed E-state index contributed by atoms with van der Waals surface area (Å²) >= 11 is 11.1. The van der Waals surface area contributed by atoms with E-state index in [-0.39, 0.29) is 23.6 Å². The molecule has 0 aliphatic carbocycles. The molecule has 0 fully saturated rings. The maximum Gasteiger partial charge on any atom is 0.235 e. The number of hydrogen-bond donors (Lipinski definition) is 2. The molecule has 2 N–H and O–H groups in total. The van der Waals surface area contributed by atoms with E-state index in [4.69, 9.17) is 28.2 Å². The first-order chi connectivity index (χ1) is 12.6. The minimum absolute atomic E-state index is 0.0778. The van der Waals surface area contributed by atoms with Crippen molar-refractivity contribution >= 4 is 56.8 Å². The molecule has 0 radical (unpaired) electrons. The van der Waals surface area contributed by atoms with E-state index in [9.17, 15) is 9.59 Å². The maximum atomic E-state index is 11.5.